The Bertz CT molecular complexity index is 605. The van der Waals surface area contributed by atoms with E-state index in [-0.39, 0.29) is 42.2 Å². The lowest BCUT2D eigenvalue weighted by Gasteiger charge is -2.27. The van der Waals surface area contributed by atoms with E-state index < -0.39 is 0 Å². The smallest absolute Gasteiger partial charge is 0.227 e. The molecule has 3 atom stereocenters. The number of carbonyl (C=O) groups excluding carboxylic acids is 2. The maximum atomic E-state index is 12.4. The van der Waals surface area contributed by atoms with Crippen molar-refractivity contribution in [2.45, 2.75) is 57.5 Å². The molecule has 3 unspecified atom stereocenters. The molecule has 1 aliphatic heterocycles. The molecule has 5 nitrogen and oxygen atoms in total. The molecule has 1 aliphatic carbocycles. The molecule has 138 valence electrons. The van der Waals surface area contributed by atoms with Crippen molar-refractivity contribution >= 4 is 29.9 Å². The predicted octanol–water partition coefficient (Wildman–Crippen LogP) is 2.93. The van der Waals surface area contributed by atoms with Crippen LogP contribution in [0.5, 0.6) is 0 Å². The molecular formula is C19H28ClN3O2. The number of nitrogens with two attached hydrogens (primary N) is 1. The Morgan fingerprint density at radius 1 is 1.24 bits per heavy atom. The minimum absolute atomic E-state index is 0. The molecule has 0 radical (unpaired) electrons. The molecule has 0 bridgehead atoms. The molecule has 1 heterocycles. The van der Waals surface area contributed by atoms with Crippen LogP contribution in [0.2, 0.25) is 0 Å². The molecule has 1 aromatic carbocycles. The summed E-state index contributed by atoms with van der Waals surface area (Å²) in [5, 5.41) is 3.11. The lowest BCUT2D eigenvalue weighted by atomic mass is 9.85. The van der Waals surface area contributed by atoms with Gasteiger partial charge in [0.25, 0.3) is 0 Å². The average molecular weight is 366 g/mol. The summed E-state index contributed by atoms with van der Waals surface area (Å²) < 4.78 is 0. The molecule has 0 spiro atoms. The number of hydrogen-bond donors (Lipinski definition) is 2. The third kappa shape index (κ3) is 4.73. The van der Waals surface area contributed by atoms with Crippen LogP contribution in [-0.2, 0) is 9.59 Å². The number of amides is 2. The normalized spacial score (nSPS) is 24.6. The van der Waals surface area contributed by atoms with Crippen LogP contribution in [0, 0.1) is 5.92 Å². The molecular weight excluding hydrogens is 338 g/mol. The third-order valence-corrected chi connectivity index (χ3v) is 5.22. The number of halogens is 1. The van der Waals surface area contributed by atoms with Gasteiger partial charge in [0.15, 0.2) is 0 Å². The second kappa shape index (κ2) is 8.68. The fourth-order valence-corrected chi connectivity index (χ4v) is 3.74. The summed E-state index contributed by atoms with van der Waals surface area (Å²) >= 11 is 0. The van der Waals surface area contributed by atoms with E-state index in [2.05, 4.69) is 5.32 Å². The molecule has 2 amide bonds. The number of anilines is 1. The fourth-order valence-electron chi connectivity index (χ4n) is 3.74. The zero-order chi connectivity index (χ0) is 17.1. The van der Waals surface area contributed by atoms with Gasteiger partial charge >= 0.3 is 0 Å². The van der Waals surface area contributed by atoms with E-state index in [1.807, 2.05) is 36.1 Å². The standard InChI is InChI=1S/C19H27N3O2.ClH/c1-13(21-19(24)15-4-2-5-16(20)12-15)14-7-9-17(10-8-14)22-11-3-6-18(22)23;/h7-10,13,15-16H,2-6,11-12,20H2,1H3,(H,21,24);1H. The minimum Gasteiger partial charge on any atom is -0.349 e. The second-order valence-electron chi connectivity index (χ2n) is 7.09. The first-order chi connectivity index (χ1) is 11.5. The van der Waals surface area contributed by atoms with Crippen molar-refractivity contribution in [2.24, 2.45) is 11.7 Å². The van der Waals surface area contributed by atoms with Crippen molar-refractivity contribution in [3.63, 3.8) is 0 Å². The summed E-state index contributed by atoms with van der Waals surface area (Å²) in [5.41, 5.74) is 7.98. The van der Waals surface area contributed by atoms with Crippen LogP contribution in [0.4, 0.5) is 5.69 Å². The van der Waals surface area contributed by atoms with Crippen LogP contribution in [0.15, 0.2) is 24.3 Å². The zero-order valence-corrected chi connectivity index (χ0v) is 15.6. The van der Waals surface area contributed by atoms with Gasteiger partial charge in [-0.25, -0.2) is 0 Å². The van der Waals surface area contributed by atoms with E-state index in [1.165, 1.54) is 0 Å². The van der Waals surface area contributed by atoms with E-state index >= 15 is 0 Å². The highest BCUT2D eigenvalue weighted by Crippen LogP contribution is 2.26. The van der Waals surface area contributed by atoms with Gasteiger partial charge in [-0.2, -0.15) is 0 Å². The molecule has 1 saturated carbocycles. The van der Waals surface area contributed by atoms with Gasteiger partial charge in [0.05, 0.1) is 6.04 Å². The highest BCUT2D eigenvalue weighted by molar-refractivity contribution is 5.95. The lowest BCUT2D eigenvalue weighted by Crippen LogP contribution is -2.38. The van der Waals surface area contributed by atoms with Crippen LogP contribution in [0.25, 0.3) is 0 Å². The van der Waals surface area contributed by atoms with Crippen molar-refractivity contribution in [1.82, 2.24) is 5.32 Å². The summed E-state index contributed by atoms with van der Waals surface area (Å²) in [6.45, 7) is 2.79. The van der Waals surface area contributed by atoms with Crippen molar-refractivity contribution < 1.29 is 9.59 Å². The Hall–Kier alpha value is -1.59. The van der Waals surface area contributed by atoms with Crippen LogP contribution in [-0.4, -0.2) is 24.4 Å². The first kappa shape index (κ1) is 19.7. The number of nitrogens with one attached hydrogen (secondary N) is 1. The van der Waals surface area contributed by atoms with Gasteiger partial charge in [0.2, 0.25) is 11.8 Å². The van der Waals surface area contributed by atoms with Crippen molar-refractivity contribution in [2.75, 3.05) is 11.4 Å². The third-order valence-electron chi connectivity index (χ3n) is 5.22. The van der Waals surface area contributed by atoms with E-state index in [0.717, 1.165) is 49.9 Å². The first-order valence-electron chi connectivity index (χ1n) is 9.01. The Labute approximate surface area is 155 Å². The summed E-state index contributed by atoms with van der Waals surface area (Å²) in [7, 11) is 0. The number of carbonyl (C=O) groups is 2. The Kier molecular flexibility index (Phi) is 6.85. The Morgan fingerprint density at radius 3 is 2.56 bits per heavy atom. The van der Waals surface area contributed by atoms with Crippen molar-refractivity contribution in [3.8, 4) is 0 Å². The number of benzene rings is 1. The number of hydrogen-bond acceptors (Lipinski definition) is 3. The molecule has 1 aromatic rings. The van der Waals surface area contributed by atoms with Gasteiger partial charge in [0.1, 0.15) is 0 Å². The topological polar surface area (TPSA) is 75.4 Å². The van der Waals surface area contributed by atoms with Gasteiger partial charge in [-0.1, -0.05) is 18.6 Å². The summed E-state index contributed by atoms with van der Waals surface area (Å²) in [5.74, 6) is 0.340. The first-order valence-corrected chi connectivity index (χ1v) is 9.01. The van der Waals surface area contributed by atoms with E-state index in [0.29, 0.717) is 6.42 Å². The van der Waals surface area contributed by atoms with Gasteiger partial charge < -0.3 is 16.0 Å². The molecule has 2 fully saturated rings. The quantitative estimate of drug-likeness (QED) is 0.861. The molecule has 3 N–H and O–H groups in total. The SMILES string of the molecule is CC(NC(=O)C1CCCC(N)C1)c1ccc(N2CCCC2=O)cc1.Cl. The highest BCUT2D eigenvalue weighted by atomic mass is 35.5. The molecule has 3 rings (SSSR count). The lowest BCUT2D eigenvalue weighted by molar-refractivity contribution is -0.126. The van der Waals surface area contributed by atoms with Gasteiger partial charge in [0, 0.05) is 30.6 Å². The highest BCUT2D eigenvalue weighted by Gasteiger charge is 2.26. The maximum Gasteiger partial charge on any atom is 0.227 e. The number of rotatable bonds is 4. The van der Waals surface area contributed by atoms with Gasteiger partial charge in [-0.15, -0.1) is 12.4 Å². The maximum absolute atomic E-state index is 12.4. The van der Waals surface area contributed by atoms with Crippen molar-refractivity contribution in [3.05, 3.63) is 29.8 Å². The number of nitrogens with zero attached hydrogens (tertiary/aromatic N) is 1. The zero-order valence-electron chi connectivity index (χ0n) is 14.7. The van der Waals surface area contributed by atoms with Crippen molar-refractivity contribution in [1.29, 1.82) is 0 Å². The monoisotopic (exact) mass is 365 g/mol. The largest absolute Gasteiger partial charge is 0.349 e. The summed E-state index contributed by atoms with van der Waals surface area (Å²) in [4.78, 5) is 26.1. The van der Waals surface area contributed by atoms with Crippen LogP contribution >= 0.6 is 12.4 Å². The van der Waals surface area contributed by atoms with E-state index in [4.69, 9.17) is 5.73 Å². The Balaban J connectivity index is 0.00000225. The molecule has 0 aromatic heterocycles. The summed E-state index contributed by atoms with van der Waals surface area (Å²) in [6.07, 6.45) is 5.34. The summed E-state index contributed by atoms with van der Waals surface area (Å²) in [6, 6.07) is 8.05. The van der Waals surface area contributed by atoms with E-state index in [1.54, 1.807) is 0 Å². The van der Waals surface area contributed by atoms with Crippen LogP contribution in [0.3, 0.4) is 0 Å². The van der Waals surface area contributed by atoms with E-state index in [9.17, 15) is 9.59 Å². The van der Waals surface area contributed by atoms with Crippen LogP contribution in [0.1, 0.15) is 57.1 Å². The molecule has 6 heteroatoms. The molecule has 25 heavy (non-hydrogen) atoms. The minimum atomic E-state index is -0.0426. The van der Waals surface area contributed by atoms with Crippen LogP contribution < -0.4 is 16.0 Å². The predicted molar refractivity (Wildman–Crippen MR) is 102 cm³/mol. The fraction of sp³-hybridized carbons (Fsp3) is 0.579. The van der Waals surface area contributed by atoms with Gasteiger partial charge in [-0.05, 0) is 50.3 Å². The Morgan fingerprint density at radius 2 is 1.96 bits per heavy atom. The average Bonchev–Trinajstić information content (AvgIpc) is 3.01. The molecule has 2 aliphatic rings. The second-order valence-corrected chi connectivity index (χ2v) is 7.09. The molecule has 1 saturated heterocycles. The van der Waals surface area contributed by atoms with Gasteiger partial charge in [-0.3, -0.25) is 9.59 Å².